The van der Waals surface area contributed by atoms with Crippen molar-refractivity contribution in [2.24, 2.45) is 10.1 Å². The zero-order valence-electron chi connectivity index (χ0n) is 10.7. The summed E-state index contributed by atoms with van der Waals surface area (Å²) >= 11 is 0. The van der Waals surface area contributed by atoms with Crippen LogP contribution in [0.5, 0.6) is 0 Å². The molecule has 1 aromatic carbocycles. The number of rotatable bonds is 5. The third kappa shape index (κ3) is 4.37. The lowest BCUT2D eigenvalue weighted by Gasteiger charge is -2.00. The molecule has 0 spiro atoms. The first-order valence-electron chi connectivity index (χ1n) is 5.89. The molecule has 0 bridgehead atoms. The molecule has 0 radical (unpaired) electrons. The van der Waals surface area contributed by atoms with Crippen molar-refractivity contribution in [3.05, 3.63) is 53.6 Å². The van der Waals surface area contributed by atoms with Crippen LogP contribution in [0.4, 0.5) is 0 Å². The van der Waals surface area contributed by atoms with E-state index < -0.39 is 0 Å². The van der Waals surface area contributed by atoms with Gasteiger partial charge in [0.15, 0.2) is 0 Å². The Bertz CT molecular complexity index is 471. The van der Waals surface area contributed by atoms with Crippen LogP contribution in [0.25, 0.3) is 6.08 Å². The van der Waals surface area contributed by atoms with Crippen molar-refractivity contribution in [1.82, 2.24) is 0 Å². The molecule has 18 heavy (non-hydrogen) atoms. The predicted molar refractivity (Wildman–Crippen MR) is 77.5 cm³/mol. The van der Waals surface area contributed by atoms with Gasteiger partial charge in [-0.15, -0.1) is 0 Å². The molecule has 1 aromatic rings. The van der Waals surface area contributed by atoms with Crippen molar-refractivity contribution in [2.45, 2.75) is 13.3 Å². The first-order chi connectivity index (χ1) is 8.81. The minimum atomic E-state index is 0.790. The first kappa shape index (κ1) is 13.9. The zero-order valence-corrected chi connectivity index (χ0v) is 10.7. The molecule has 0 aromatic heterocycles. The fourth-order valence-corrected chi connectivity index (χ4v) is 1.54. The van der Waals surface area contributed by atoms with E-state index in [0.717, 1.165) is 23.3 Å². The molecule has 0 amide bonds. The molecular formula is C15H18N2O. The van der Waals surface area contributed by atoms with Crippen LogP contribution < -0.4 is 0 Å². The molecule has 0 aliphatic rings. The van der Waals surface area contributed by atoms with E-state index in [1.54, 1.807) is 7.05 Å². The molecule has 1 N–H and O–H groups in total. The van der Waals surface area contributed by atoms with Gasteiger partial charge in [-0.2, -0.15) is 0 Å². The number of benzene rings is 1. The summed E-state index contributed by atoms with van der Waals surface area (Å²) in [7, 11) is 1.72. The Morgan fingerprint density at radius 3 is 2.56 bits per heavy atom. The van der Waals surface area contributed by atoms with E-state index in [2.05, 4.69) is 10.1 Å². The average molecular weight is 242 g/mol. The number of aliphatic imine (C=N–C) groups is 1. The van der Waals surface area contributed by atoms with Crippen molar-refractivity contribution >= 4 is 18.0 Å². The number of hydrogen-bond donors (Lipinski definition) is 1. The van der Waals surface area contributed by atoms with E-state index in [4.69, 9.17) is 5.21 Å². The largest absolute Gasteiger partial charge is 0.411 e. The van der Waals surface area contributed by atoms with E-state index in [9.17, 15) is 0 Å². The van der Waals surface area contributed by atoms with Crippen molar-refractivity contribution in [3.8, 4) is 0 Å². The van der Waals surface area contributed by atoms with Crippen molar-refractivity contribution in [2.75, 3.05) is 7.05 Å². The summed E-state index contributed by atoms with van der Waals surface area (Å²) in [6, 6.07) is 9.99. The fraction of sp³-hybridized carbons (Fsp3) is 0.200. The van der Waals surface area contributed by atoms with Crippen LogP contribution in [0, 0.1) is 0 Å². The highest BCUT2D eigenvalue weighted by Crippen LogP contribution is 2.05. The second kappa shape index (κ2) is 8.01. The Morgan fingerprint density at radius 1 is 1.28 bits per heavy atom. The van der Waals surface area contributed by atoms with Crippen molar-refractivity contribution in [3.63, 3.8) is 0 Å². The van der Waals surface area contributed by atoms with Gasteiger partial charge in [-0.05, 0) is 18.1 Å². The average Bonchev–Trinajstić information content (AvgIpc) is 2.41. The maximum atomic E-state index is 8.64. The monoisotopic (exact) mass is 242 g/mol. The van der Waals surface area contributed by atoms with Crippen LogP contribution in [0.15, 0.2) is 58.2 Å². The molecule has 0 heterocycles. The summed E-state index contributed by atoms with van der Waals surface area (Å²) in [5.41, 5.74) is 2.71. The predicted octanol–water partition coefficient (Wildman–Crippen LogP) is 3.57. The molecule has 0 aliphatic heterocycles. The van der Waals surface area contributed by atoms with Gasteiger partial charge in [0.2, 0.25) is 0 Å². The van der Waals surface area contributed by atoms with Crippen molar-refractivity contribution in [1.29, 1.82) is 0 Å². The Balaban J connectivity index is 2.92. The van der Waals surface area contributed by atoms with Gasteiger partial charge in [0.25, 0.3) is 0 Å². The van der Waals surface area contributed by atoms with Gasteiger partial charge in [-0.3, -0.25) is 4.99 Å². The van der Waals surface area contributed by atoms with Gasteiger partial charge in [-0.1, -0.05) is 54.6 Å². The molecule has 0 saturated carbocycles. The Kier molecular flexibility index (Phi) is 6.19. The molecule has 0 fully saturated rings. The van der Waals surface area contributed by atoms with Crippen LogP contribution in [0.2, 0.25) is 0 Å². The van der Waals surface area contributed by atoms with Crippen LogP contribution in [-0.2, 0) is 0 Å². The number of allylic oxidation sites excluding steroid dienone is 3. The first-order valence-corrected chi connectivity index (χ1v) is 5.89. The summed E-state index contributed by atoms with van der Waals surface area (Å²) in [6.45, 7) is 2.03. The van der Waals surface area contributed by atoms with E-state index in [-0.39, 0.29) is 0 Å². The molecule has 3 nitrogen and oxygen atoms in total. The van der Waals surface area contributed by atoms with Crippen LogP contribution in [-0.4, -0.2) is 24.2 Å². The molecule has 1 rings (SSSR count). The minimum absolute atomic E-state index is 0.790. The quantitative estimate of drug-likeness (QED) is 0.479. The molecule has 0 aliphatic carbocycles. The molecule has 3 heteroatoms. The lowest BCUT2D eigenvalue weighted by Crippen LogP contribution is -2.01. The Hall–Kier alpha value is -2.16. The lowest BCUT2D eigenvalue weighted by atomic mass is 10.1. The smallest absolute Gasteiger partial charge is 0.0752 e. The highest BCUT2D eigenvalue weighted by molar-refractivity contribution is 6.22. The third-order valence-corrected chi connectivity index (χ3v) is 2.39. The van der Waals surface area contributed by atoms with Gasteiger partial charge < -0.3 is 5.21 Å². The maximum absolute atomic E-state index is 8.64. The summed E-state index contributed by atoms with van der Waals surface area (Å²) in [5, 5.41) is 11.7. The molecule has 94 valence electrons. The van der Waals surface area contributed by atoms with Gasteiger partial charge >= 0.3 is 0 Å². The SMILES string of the molecule is CC/C=C(/C=N/O)C(/C=C/c1ccccc1)=NC. The van der Waals surface area contributed by atoms with Gasteiger partial charge in [0.05, 0.1) is 11.9 Å². The normalized spacial score (nSPS) is 13.7. The standard InChI is InChI=1S/C15H18N2O/c1-3-7-14(12-17-18)15(16-2)11-10-13-8-5-4-6-9-13/h4-12,18H,3H2,1-2H3/b11-10+,14-7-,16-15?,17-12+. The second-order valence-electron chi connectivity index (χ2n) is 3.67. The molecular weight excluding hydrogens is 224 g/mol. The van der Waals surface area contributed by atoms with Crippen LogP contribution in [0.3, 0.4) is 0 Å². The van der Waals surface area contributed by atoms with Gasteiger partial charge in [0.1, 0.15) is 0 Å². The van der Waals surface area contributed by atoms with Gasteiger partial charge in [-0.25, -0.2) is 0 Å². The molecule has 0 atom stereocenters. The van der Waals surface area contributed by atoms with Crippen LogP contribution >= 0.6 is 0 Å². The number of hydrogen-bond acceptors (Lipinski definition) is 3. The molecule has 0 saturated heterocycles. The lowest BCUT2D eigenvalue weighted by molar-refractivity contribution is 0.322. The third-order valence-electron chi connectivity index (χ3n) is 2.39. The Morgan fingerprint density at radius 2 is 2.00 bits per heavy atom. The highest BCUT2D eigenvalue weighted by atomic mass is 16.4. The van der Waals surface area contributed by atoms with Gasteiger partial charge in [0, 0.05) is 12.6 Å². The summed E-state index contributed by atoms with van der Waals surface area (Å²) in [5.74, 6) is 0. The summed E-state index contributed by atoms with van der Waals surface area (Å²) in [4.78, 5) is 4.20. The summed E-state index contributed by atoms with van der Waals surface area (Å²) in [6.07, 6.45) is 8.13. The van der Waals surface area contributed by atoms with E-state index in [1.165, 1.54) is 6.21 Å². The summed E-state index contributed by atoms with van der Waals surface area (Å²) < 4.78 is 0. The van der Waals surface area contributed by atoms with E-state index in [0.29, 0.717) is 0 Å². The fourth-order valence-electron chi connectivity index (χ4n) is 1.54. The maximum Gasteiger partial charge on any atom is 0.0752 e. The second-order valence-corrected chi connectivity index (χ2v) is 3.67. The number of nitrogens with zero attached hydrogens (tertiary/aromatic N) is 2. The number of oxime groups is 1. The van der Waals surface area contributed by atoms with E-state index in [1.807, 2.05) is 55.5 Å². The van der Waals surface area contributed by atoms with Crippen molar-refractivity contribution < 1.29 is 5.21 Å². The minimum Gasteiger partial charge on any atom is -0.411 e. The highest BCUT2D eigenvalue weighted by Gasteiger charge is 1.99. The Labute approximate surface area is 108 Å². The molecule has 0 unspecified atom stereocenters. The zero-order chi connectivity index (χ0) is 13.2. The topological polar surface area (TPSA) is 45.0 Å². The van der Waals surface area contributed by atoms with E-state index >= 15 is 0 Å². The van der Waals surface area contributed by atoms with Crippen LogP contribution in [0.1, 0.15) is 18.9 Å².